The summed E-state index contributed by atoms with van der Waals surface area (Å²) in [6, 6.07) is 24.0. The predicted octanol–water partition coefficient (Wildman–Crippen LogP) is 5.51. The van der Waals surface area contributed by atoms with Gasteiger partial charge in [-0.2, -0.15) is 0 Å². The van der Waals surface area contributed by atoms with Crippen LogP contribution in [-0.2, 0) is 0 Å². The van der Waals surface area contributed by atoms with Crippen molar-refractivity contribution in [3.63, 3.8) is 0 Å². The molecule has 116 valence electrons. The topological polar surface area (TPSA) is 12.0 Å². The van der Waals surface area contributed by atoms with Crippen LogP contribution < -0.4 is 5.32 Å². The standard InChI is InChI=1S/C22H23N/c1-17-8-5-9-19(16-17)10-7-15-23-18(2)21-14-6-12-20-11-3-4-13-22(20)21/h3-14,16,18,23H,15H2,1-2H3/b10-7+. The van der Waals surface area contributed by atoms with Crippen molar-refractivity contribution in [2.75, 3.05) is 6.54 Å². The van der Waals surface area contributed by atoms with E-state index >= 15 is 0 Å². The Morgan fingerprint density at radius 3 is 2.61 bits per heavy atom. The average molecular weight is 301 g/mol. The maximum atomic E-state index is 3.59. The molecule has 0 aliphatic rings. The Hall–Kier alpha value is -2.38. The fourth-order valence-electron chi connectivity index (χ4n) is 2.95. The van der Waals surface area contributed by atoms with Crippen LogP contribution in [0, 0.1) is 6.92 Å². The number of benzene rings is 3. The van der Waals surface area contributed by atoms with E-state index in [0.29, 0.717) is 6.04 Å². The van der Waals surface area contributed by atoms with Gasteiger partial charge in [0.15, 0.2) is 0 Å². The van der Waals surface area contributed by atoms with Gasteiger partial charge in [0.2, 0.25) is 0 Å². The van der Waals surface area contributed by atoms with Crippen molar-refractivity contribution < 1.29 is 0 Å². The lowest BCUT2D eigenvalue weighted by atomic mass is 10.00. The van der Waals surface area contributed by atoms with Gasteiger partial charge < -0.3 is 5.32 Å². The van der Waals surface area contributed by atoms with Gasteiger partial charge in [0, 0.05) is 12.6 Å². The summed E-state index contributed by atoms with van der Waals surface area (Å²) in [5.74, 6) is 0. The van der Waals surface area contributed by atoms with Gasteiger partial charge in [0.1, 0.15) is 0 Å². The van der Waals surface area contributed by atoms with E-state index < -0.39 is 0 Å². The molecule has 0 aliphatic heterocycles. The van der Waals surface area contributed by atoms with Crippen molar-refractivity contribution in [2.45, 2.75) is 19.9 Å². The summed E-state index contributed by atoms with van der Waals surface area (Å²) in [7, 11) is 0. The summed E-state index contributed by atoms with van der Waals surface area (Å²) in [4.78, 5) is 0. The quantitative estimate of drug-likeness (QED) is 0.655. The Morgan fingerprint density at radius 1 is 0.957 bits per heavy atom. The van der Waals surface area contributed by atoms with E-state index in [2.05, 4.69) is 98.0 Å². The molecule has 0 amide bonds. The molecule has 1 nitrogen and oxygen atoms in total. The van der Waals surface area contributed by atoms with Gasteiger partial charge in [0.25, 0.3) is 0 Å². The zero-order valence-electron chi connectivity index (χ0n) is 13.8. The maximum Gasteiger partial charge on any atom is 0.0300 e. The molecule has 3 rings (SSSR count). The third-order valence-corrected chi connectivity index (χ3v) is 4.18. The van der Waals surface area contributed by atoms with Gasteiger partial charge in [-0.3, -0.25) is 0 Å². The Balaban J connectivity index is 1.66. The van der Waals surface area contributed by atoms with E-state index in [0.717, 1.165) is 6.54 Å². The molecule has 0 radical (unpaired) electrons. The van der Waals surface area contributed by atoms with E-state index in [-0.39, 0.29) is 0 Å². The highest BCUT2D eigenvalue weighted by atomic mass is 14.9. The van der Waals surface area contributed by atoms with Crippen molar-refractivity contribution in [1.82, 2.24) is 5.32 Å². The normalized spacial score (nSPS) is 12.8. The number of rotatable bonds is 5. The number of aryl methyl sites for hydroxylation is 1. The van der Waals surface area contributed by atoms with Crippen molar-refractivity contribution >= 4 is 16.8 Å². The highest BCUT2D eigenvalue weighted by molar-refractivity contribution is 5.86. The second-order valence-electron chi connectivity index (χ2n) is 6.01. The molecule has 0 spiro atoms. The molecule has 1 N–H and O–H groups in total. The van der Waals surface area contributed by atoms with Crippen molar-refractivity contribution in [3.05, 3.63) is 89.5 Å². The third kappa shape index (κ3) is 3.88. The lowest BCUT2D eigenvalue weighted by Gasteiger charge is -2.15. The zero-order valence-corrected chi connectivity index (χ0v) is 13.8. The van der Waals surface area contributed by atoms with Crippen LogP contribution >= 0.6 is 0 Å². The van der Waals surface area contributed by atoms with Crippen LogP contribution in [0.5, 0.6) is 0 Å². The first-order valence-corrected chi connectivity index (χ1v) is 8.18. The van der Waals surface area contributed by atoms with Crippen LogP contribution in [0.25, 0.3) is 16.8 Å². The Kier molecular flexibility index (Phi) is 4.89. The highest BCUT2D eigenvalue weighted by Gasteiger charge is 2.07. The van der Waals surface area contributed by atoms with Crippen LogP contribution in [0.3, 0.4) is 0 Å². The SMILES string of the molecule is Cc1cccc(/C=C/CNC(C)c2cccc3ccccc23)c1. The molecule has 0 fully saturated rings. The molecule has 23 heavy (non-hydrogen) atoms. The fourth-order valence-corrected chi connectivity index (χ4v) is 2.95. The first-order valence-electron chi connectivity index (χ1n) is 8.18. The van der Waals surface area contributed by atoms with Gasteiger partial charge in [-0.1, -0.05) is 84.4 Å². The van der Waals surface area contributed by atoms with Gasteiger partial charge >= 0.3 is 0 Å². The van der Waals surface area contributed by atoms with E-state index in [1.165, 1.54) is 27.5 Å². The predicted molar refractivity (Wildman–Crippen MR) is 101 cm³/mol. The van der Waals surface area contributed by atoms with Gasteiger partial charge in [-0.25, -0.2) is 0 Å². The highest BCUT2D eigenvalue weighted by Crippen LogP contribution is 2.23. The Bertz CT molecular complexity index is 812. The molecule has 0 bridgehead atoms. The van der Waals surface area contributed by atoms with Gasteiger partial charge in [-0.05, 0) is 35.7 Å². The number of hydrogen-bond donors (Lipinski definition) is 1. The fraction of sp³-hybridized carbons (Fsp3) is 0.182. The second-order valence-corrected chi connectivity index (χ2v) is 6.01. The molecule has 3 aromatic carbocycles. The van der Waals surface area contributed by atoms with Crippen LogP contribution in [0.1, 0.15) is 29.7 Å². The molecule has 0 saturated carbocycles. The molecule has 3 aromatic rings. The Morgan fingerprint density at radius 2 is 1.74 bits per heavy atom. The van der Waals surface area contributed by atoms with Crippen LogP contribution in [-0.4, -0.2) is 6.54 Å². The van der Waals surface area contributed by atoms with Crippen LogP contribution in [0.15, 0.2) is 72.8 Å². The molecule has 1 heteroatoms. The largest absolute Gasteiger partial charge is 0.307 e. The minimum absolute atomic E-state index is 0.322. The van der Waals surface area contributed by atoms with Gasteiger partial charge in [-0.15, -0.1) is 0 Å². The molecule has 0 aliphatic carbocycles. The first-order chi connectivity index (χ1) is 11.2. The minimum atomic E-state index is 0.322. The second kappa shape index (κ2) is 7.26. The number of hydrogen-bond acceptors (Lipinski definition) is 1. The van der Waals surface area contributed by atoms with E-state index in [1.807, 2.05) is 0 Å². The average Bonchev–Trinajstić information content (AvgIpc) is 2.58. The summed E-state index contributed by atoms with van der Waals surface area (Å²) >= 11 is 0. The molecular formula is C22H23N. The van der Waals surface area contributed by atoms with E-state index in [4.69, 9.17) is 0 Å². The Labute approximate surface area is 138 Å². The van der Waals surface area contributed by atoms with E-state index in [1.54, 1.807) is 0 Å². The van der Waals surface area contributed by atoms with E-state index in [9.17, 15) is 0 Å². The summed E-state index contributed by atoms with van der Waals surface area (Å²) in [5.41, 5.74) is 3.90. The molecule has 0 aromatic heterocycles. The number of nitrogens with one attached hydrogen (secondary N) is 1. The van der Waals surface area contributed by atoms with Crippen molar-refractivity contribution in [2.24, 2.45) is 0 Å². The minimum Gasteiger partial charge on any atom is -0.307 e. The molecule has 1 unspecified atom stereocenters. The summed E-state index contributed by atoms with van der Waals surface area (Å²) in [5, 5.41) is 6.22. The van der Waals surface area contributed by atoms with Crippen LogP contribution in [0.2, 0.25) is 0 Å². The van der Waals surface area contributed by atoms with Crippen LogP contribution in [0.4, 0.5) is 0 Å². The zero-order chi connectivity index (χ0) is 16.1. The first kappa shape index (κ1) is 15.5. The smallest absolute Gasteiger partial charge is 0.0300 e. The molecule has 0 heterocycles. The lowest BCUT2D eigenvalue weighted by Crippen LogP contribution is -2.18. The summed E-state index contributed by atoms with van der Waals surface area (Å²) in [6.07, 6.45) is 4.37. The lowest BCUT2D eigenvalue weighted by molar-refractivity contribution is 0.622. The number of fused-ring (bicyclic) bond motifs is 1. The third-order valence-electron chi connectivity index (χ3n) is 4.18. The molecular weight excluding hydrogens is 278 g/mol. The summed E-state index contributed by atoms with van der Waals surface area (Å²) in [6.45, 7) is 5.21. The van der Waals surface area contributed by atoms with Gasteiger partial charge in [0.05, 0.1) is 0 Å². The monoisotopic (exact) mass is 301 g/mol. The van der Waals surface area contributed by atoms with Crippen molar-refractivity contribution in [3.8, 4) is 0 Å². The maximum absolute atomic E-state index is 3.59. The van der Waals surface area contributed by atoms with Crippen molar-refractivity contribution in [1.29, 1.82) is 0 Å². The summed E-state index contributed by atoms with van der Waals surface area (Å²) < 4.78 is 0. The molecule has 0 saturated heterocycles. The molecule has 1 atom stereocenters.